The van der Waals surface area contributed by atoms with Gasteiger partial charge in [0.05, 0.1) is 12.6 Å². The van der Waals surface area contributed by atoms with Gasteiger partial charge in [-0.05, 0) is 12.8 Å². The Morgan fingerprint density at radius 1 is 1.50 bits per heavy atom. The number of esters is 1. The zero-order chi connectivity index (χ0) is 12.0. The van der Waals surface area contributed by atoms with E-state index in [0.717, 1.165) is 19.5 Å². The maximum atomic E-state index is 11.4. The number of aliphatic hydroxyl groups excluding tert-OH is 1. The quantitative estimate of drug-likeness (QED) is 0.448. The van der Waals surface area contributed by atoms with Crippen LogP contribution in [0.2, 0.25) is 0 Å². The topological polar surface area (TPSA) is 70.6 Å². The molecule has 5 nitrogen and oxygen atoms in total. The van der Waals surface area contributed by atoms with E-state index in [1.54, 1.807) is 0 Å². The van der Waals surface area contributed by atoms with Crippen molar-refractivity contribution in [2.45, 2.75) is 32.0 Å². The van der Waals surface area contributed by atoms with Gasteiger partial charge < -0.3 is 15.2 Å². The second-order valence-corrected chi connectivity index (χ2v) is 3.90. The van der Waals surface area contributed by atoms with E-state index >= 15 is 0 Å². The standard InChI is InChI=1S/C11H20N2O3/c1-3-6-16-11(15)8(2)7-9-10(14)13-5-4-12-9/h9-10,12-14H,2-7H2,1H3. The molecule has 16 heavy (non-hydrogen) atoms. The van der Waals surface area contributed by atoms with Crippen LogP contribution < -0.4 is 10.6 Å². The molecule has 0 amide bonds. The van der Waals surface area contributed by atoms with Gasteiger partial charge in [-0.25, -0.2) is 4.79 Å². The average Bonchev–Trinajstić information content (AvgIpc) is 2.28. The first-order valence-corrected chi connectivity index (χ1v) is 5.65. The summed E-state index contributed by atoms with van der Waals surface area (Å²) in [6.45, 7) is 7.54. The number of piperazine rings is 1. The molecule has 0 saturated carbocycles. The van der Waals surface area contributed by atoms with Crippen molar-refractivity contribution in [2.24, 2.45) is 0 Å². The molecule has 1 fully saturated rings. The highest BCUT2D eigenvalue weighted by Crippen LogP contribution is 2.09. The Labute approximate surface area is 95.9 Å². The molecule has 0 bridgehead atoms. The average molecular weight is 228 g/mol. The van der Waals surface area contributed by atoms with E-state index in [1.807, 2.05) is 6.92 Å². The molecule has 1 rings (SSSR count). The molecule has 0 aromatic rings. The molecule has 92 valence electrons. The molecule has 0 spiro atoms. The highest BCUT2D eigenvalue weighted by molar-refractivity contribution is 5.87. The highest BCUT2D eigenvalue weighted by atomic mass is 16.5. The van der Waals surface area contributed by atoms with Crippen LogP contribution in [-0.2, 0) is 9.53 Å². The molecule has 5 heteroatoms. The van der Waals surface area contributed by atoms with Gasteiger partial charge >= 0.3 is 5.97 Å². The van der Waals surface area contributed by atoms with Crippen molar-refractivity contribution in [1.29, 1.82) is 0 Å². The molecule has 0 radical (unpaired) electrons. The number of carbonyl (C=O) groups excluding carboxylic acids is 1. The molecule has 1 saturated heterocycles. The molecule has 0 aliphatic carbocycles. The summed E-state index contributed by atoms with van der Waals surface area (Å²) in [6, 6.07) is -0.171. The number of nitrogens with one attached hydrogen (secondary N) is 2. The summed E-state index contributed by atoms with van der Waals surface area (Å²) in [7, 11) is 0. The van der Waals surface area contributed by atoms with Crippen LogP contribution in [0, 0.1) is 0 Å². The molecule has 1 aliphatic rings. The first-order chi connectivity index (χ1) is 7.65. The van der Waals surface area contributed by atoms with Crippen LogP contribution in [0.3, 0.4) is 0 Å². The summed E-state index contributed by atoms with van der Waals surface area (Å²) in [4.78, 5) is 11.4. The Kier molecular flexibility index (Phi) is 5.45. The summed E-state index contributed by atoms with van der Waals surface area (Å²) < 4.78 is 4.96. The summed E-state index contributed by atoms with van der Waals surface area (Å²) in [5.74, 6) is -0.374. The van der Waals surface area contributed by atoms with Crippen LogP contribution in [0.1, 0.15) is 19.8 Å². The monoisotopic (exact) mass is 228 g/mol. The van der Waals surface area contributed by atoms with Gasteiger partial charge in [-0.2, -0.15) is 0 Å². The van der Waals surface area contributed by atoms with Crippen molar-refractivity contribution in [3.05, 3.63) is 12.2 Å². The lowest BCUT2D eigenvalue weighted by Gasteiger charge is -2.30. The SMILES string of the molecule is C=C(CC1NCCNC1O)C(=O)OCCC. The Bertz CT molecular complexity index is 256. The molecular formula is C11H20N2O3. The largest absolute Gasteiger partial charge is 0.462 e. The third-order valence-electron chi connectivity index (χ3n) is 2.46. The lowest BCUT2D eigenvalue weighted by Crippen LogP contribution is -2.56. The zero-order valence-electron chi connectivity index (χ0n) is 9.66. The van der Waals surface area contributed by atoms with Crippen molar-refractivity contribution in [2.75, 3.05) is 19.7 Å². The Morgan fingerprint density at radius 3 is 2.81 bits per heavy atom. The first-order valence-electron chi connectivity index (χ1n) is 5.65. The molecular weight excluding hydrogens is 208 g/mol. The number of rotatable bonds is 5. The van der Waals surface area contributed by atoms with Crippen LogP contribution in [0.4, 0.5) is 0 Å². The molecule has 2 unspecified atom stereocenters. The van der Waals surface area contributed by atoms with Crippen molar-refractivity contribution >= 4 is 5.97 Å². The third kappa shape index (κ3) is 3.92. The fourth-order valence-corrected chi connectivity index (χ4v) is 1.56. The van der Waals surface area contributed by atoms with Crippen molar-refractivity contribution < 1.29 is 14.6 Å². The number of carbonyl (C=O) groups is 1. The van der Waals surface area contributed by atoms with Crippen LogP contribution in [0.15, 0.2) is 12.2 Å². The van der Waals surface area contributed by atoms with Gasteiger partial charge in [0.25, 0.3) is 0 Å². The van der Waals surface area contributed by atoms with Gasteiger partial charge in [0, 0.05) is 18.7 Å². The van der Waals surface area contributed by atoms with Crippen molar-refractivity contribution in [3.8, 4) is 0 Å². The predicted molar refractivity (Wildman–Crippen MR) is 60.8 cm³/mol. The van der Waals surface area contributed by atoms with E-state index in [-0.39, 0.29) is 12.0 Å². The fraction of sp³-hybridized carbons (Fsp3) is 0.727. The highest BCUT2D eigenvalue weighted by Gasteiger charge is 2.24. The molecule has 2 atom stereocenters. The summed E-state index contributed by atoms with van der Waals surface area (Å²) in [6.07, 6.45) is 0.561. The van der Waals surface area contributed by atoms with Gasteiger partial charge in [-0.1, -0.05) is 13.5 Å². The molecule has 1 heterocycles. The first kappa shape index (κ1) is 13.2. The molecule has 0 aromatic carbocycles. The lowest BCUT2D eigenvalue weighted by atomic mass is 10.0. The van der Waals surface area contributed by atoms with Crippen LogP contribution in [-0.4, -0.2) is 43.0 Å². The second-order valence-electron chi connectivity index (χ2n) is 3.90. The molecule has 0 aromatic heterocycles. The maximum absolute atomic E-state index is 11.4. The smallest absolute Gasteiger partial charge is 0.333 e. The maximum Gasteiger partial charge on any atom is 0.333 e. The number of aliphatic hydroxyl groups is 1. The lowest BCUT2D eigenvalue weighted by molar-refractivity contribution is -0.139. The van der Waals surface area contributed by atoms with Crippen molar-refractivity contribution in [1.82, 2.24) is 10.6 Å². The van der Waals surface area contributed by atoms with Gasteiger partial charge in [0.2, 0.25) is 0 Å². The van der Waals surface area contributed by atoms with Gasteiger partial charge in [0.1, 0.15) is 6.23 Å². The van der Waals surface area contributed by atoms with Crippen LogP contribution >= 0.6 is 0 Å². The molecule has 3 N–H and O–H groups in total. The van der Waals surface area contributed by atoms with E-state index in [0.29, 0.717) is 18.6 Å². The van der Waals surface area contributed by atoms with E-state index < -0.39 is 6.23 Å². The molecule has 1 aliphatic heterocycles. The summed E-state index contributed by atoms with van der Waals surface area (Å²) in [5, 5.41) is 15.7. The predicted octanol–water partition coefficient (Wildman–Crippen LogP) is -0.234. The Balaban J connectivity index is 2.34. The van der Waals surface area contributed by atoms with Crippen LogP contribution in [0.5, 0.6) is 0 Å². The van der Waals surface area contributed by atoms with Gasteiger partial charge in [-0.3, -0.25) is 5.32 Å². The Morgan fingerprint density at radius 2 is 2.19 bits per heavy atom. The number of hydrogen-bond donors (Lipinski definition) is 3. The zero-order valence-corrected chi connectivity index (χ0v) is 9.66. The fourth-order valence-electron chi connectivity index (χ4n) is 1.56. The summed E-state index contributed by atoms with van der Waals surface area (Å²) >= 11 is 0. The Hall–Kier alpha value is -0.910. The summed E-state index contributed by atoms with van der Waals surface area (Å²) in [5.41, 5.74) is 0.397. The van der Waals surface area contributed by atoms with E-state index in [9.17, 15) is 9.90 Å². The number of hydrogen-bond acceptors (Lipinski definition) is 5. The van der Waals surface area contributed by atoms with Gasteiger partial charge in [-0.15, -0.1) is 0 Å². The van der Waals surface area contributed by atoms with Crippen molar-refractivity contribution in [3.63, 3.8) is 0 Å². The minimum atomic E-state index is -0.635. The third-order valence-corrected chi connectivity index (χ3v) is 2.46. The second kappa shape index (κ2) is 6.62. The normalized spacial score (nSPS) is 25.1. The van der Waals surface area contributed by atoms with E-state index in [1.165, 1.54) is 0 Å². The van der Waals surface area contributed by atoms with Gasteiger partial charge in [0.15, 0.2) is 0 Å². The van der Waals surface area contributed by atoms with E-state index in [4.69, 9.17) is 4.74 Å². The van der Waals surface area contributed by atoms with E-state index in [2.05, 4.69) is 17.2 Å². The minimum absolute atomic E-state index is 0.171. The number of ether oxygens (including phenoxy) is 1. The van der Waals surface area contributed by atoms with Crippen LogP contribution in [0.25, 0.3) is 0 Å². The minimum Gasteiger partial charge on any atom is -0.462 e.